The monoisotopic (exact) mass is 425 g/mol. The first-order valence-corrected chi connectivity index (χ1v) is 12.0. The number of benzene rings is 2. The Kier molecular flexibility index (Phi) is 6.47. The summed E-state index contributed by atoms with van der Waals surface area (Å²) in [5.74, 6) is 0.573. The summed E-state index contributed by atoms with van der Waals surface area (Å²) in [7, 11) is 0. The van der Waals surface area contributed by atoms with Crippen molar-refractivity contribution in [1.82, 2.24) is 10.2 Å². The van der Waals surface area contributed by atoms with Crippen molar-refractivity contribution in [2.45, 2.75) is 56.0 Å². The van der Waals surface area contributed by atoms with Crippen LogP contribution in [0.25, 0.3) is 0 Å². The second-order valence-corrected chi connectivity index (χ2v) is 9.85. The number of hydrogen-bond acceptors (Lipinski definition) is 4. The first-order valence-electron chi connectivity index (χ1n) is 10.8. The molecule has 2 aromatic carbocycles. The highest BCUT2D eigenvalue weighted by Crippen LogP contribution is 2.50. The van der Waals surface area contributed by atoms with E-state index in [0.29, 0.717) is 12.1 Å². The van der Waals surface area contributed by atoms with Gasteiger partial charge >= 0.3 is 0 Å². The van der Waals surface area contributed by atoms with E-state index in [-0.39, 0.29) is 0 Å². The van der Waals surface area contributed by atoms with Gasteiger partial charge in [-0.1, -0.05) is 63.0 Å². The van der Waals surface area contributed by atoms with Crippen LogP contribution in [0.1, 0.15) is 45.6 Å². The van der Waals surface area contributed by atoms with Crippen molar-refractivity contribution < 1.29 is 0 Å². The topological polar surface area (TPSA) is 18.5 Å². The molecule has 1 saturated heterocycles. The number of anilines is 2. The van der Waals surface area contributed by atoms with Gasteiger partial charge in [-0.3, -0.25) is 4.90 Å². The van der Waals surface area contributed by atoms with Gasteiger partial charge in [0, 0.05) is 35.0 Å². The van der Waals surface area contributed by atoms with Gasteiger partial charge in [-0.25, -0.2) is 0 Å². The van der Waals surface area contributed by atoms with Gasteiger partial charge in [0.2, 0.25) is 0 Å². The molecule has 0 aromatic heterocycles. The average molecular weight is 426 g/mol. The lowest BCUT2D eigenvalue weighted by atomic mass is 10.1. The van der Waals surface area contributed by atoms with Gasteiger partial charge in [0.25, 0.3) is 0 Å². The summed E-state index contributed by atoms with van der Waals surface area (Å²) < 4.78 is 0. The molecule has 1 N–H and O–H groups in total. The maximum Gasteiger partial charge on any atom is 0.106 e. The van der Waals surface area contributed by atoms with Gasteiger partial charge < -0.3 is 10.2 Å². The lowest BCUT2D eigenvalue weighted by Crippen LogP contribution is -2.45. The molecule has 1 fully saturated rings. The number of thiocarbonyl (C=S) groups is 1. The Morgan fingerprint density at radius 2 is 1.79 bits per heavy atom. The van der Waals surface area contributed by atoms with Gasteiger partial charge in [-0.15, -0.1) is 0 Å². The molecule has 0 amide bonds. The summed E-state index contributed by atoms with van der Waals surface area (Å²) in [4.78, 5) is 8.72. The molecule has 2 heterocycles. The molecule has 4 rings (SSSR count). The molecular weight excluding hydrogens is 394 g/mol. The highest BCUT2D eigenvalue weighted by molar-refractivity contribution is 7.99. The van der Waals surface area contributed by atoms with Gasteiger partial charge in [0.15, 0.2) is 0 Å². The predicted molar refractivity (Wildman–Crippen MR) is 129 cm³/mol. The normalized spacial score (nSPS) is 17.2. The molecule has 2 aliphatic heterocycles. The quantitative estimate of drug-likeness (QED) is 0.567. The first-order chi connectivity index (χ1) is 14.1. The zero-order chi connectivity index (χ0) is 20.4. The molecule has 29 heavy (non-hydrogen) atoms. The van der Waals surface area contributed by atoms with Crippen molar-refractivity contribution >= 4 is 40.3 Å². The maximum atomic E-state index is 5.71. The third-order valence-electron chi connectivity index (χ3n) is 5.72. The minimum Gasteiger partial charge on any atom is -0.376 e. The van der Waals surface area contributed by atoms with E-state index in [9.17, 15) is 0 Å². The van der Waals surface area contributed by atoms with Crippen LogP contribution in [-0.2, 0) is 0 Å². The number of fused-ring (bicyclic) bond motifs is 2. The van der Waals surface area contributed by atoms with E-state index < -0.39 is 0 Å². The molecule has 0 spiro atoms. The van der Waals surface area contributed by atoms with Crippen molar-refractivity contribution in [2.24, 2.45) is 5.92 Å². The lowest BCUT2D eigenvalue weighted by Gasteiger charge is -2.42. The minimum absolute atomic E-state index is 0.380. The number of nitrogens with one attached hydrogen (secondary N) is 1. The largest absolute Gasteiger partial charge is 0.376 e. The van der Waals surface area contributed by atoms with Crippen molar-refractivity contribution in [1.29, 1.82) is 0 Å². The highest BCUT2D eigenvalue weighted by atomic mass is 32.2. The molecule has 0 aliphatic carbocycles. The van der Waals surface area contributed by atoms with E-state index in [0.717, 1.165) is 23.5 Å². The second kappa shape index (κ2) is 9.07. The van der Waals surface area contributed by atoms with Gasteiger partial charge in [-0.2, -0.15) is 0 Å². The van der Waals surface area contributed by atoms with Crippen LogP contribution in [0, 0.1) is 5.92 Å². The zero-order valence-corrected chi connectivity index (χ0v) is 19.3. The molecule has 3 nitrogen and oxygen atoms in total. The van der Waals surface area contributed by atoms with Crippen molar-refractivity contribution in [2.75, 3.05) is 24.5 Å². The summed E-state index contributed by atoms with van der Waals surface area (Å²) in [6.45, 7) is 10.0. The Bertz CT molecular complexity index is 874. The number of rotatable bonds is 6. The Balaban J connectivity index is 1.74. The van der Waals surface area contributed by atoms with E-state index >= 15 is 0 Å². The van der Waals surface area contributed by atoms with Crippen LogP contribution in [-0.4, -0.2) is 35.7 Å². The van der Waals surface area contributed by atoms with Crippen LogP contribution >= 0.6 is 24.0 Å². The summed E-state index contributed by atoms with van der Waals surface area (Å²) in [5.41, 5.74) is 3.72. The third-order valence-corrected chi connectivity index (χ3v) is 7.23. The fourth-order valence-electron chi connectivity index (χ4n) is 4.29. The lowest BCUT2D eigenvalue weighted by molar-refractivity contribution is 0.239. The molecule has 0 bridgehead atoms. The Morgan fingerprint density at radius 1 is 1.07 bits per heavy atom. The van der Waals surface area contributed by atoms with E-state index in [2.05, 4.69) is 78.4 Å². The minimum atomic E-state index is 0.380. The molecule has 2 aromatic rings. The number of nitrogens with zero attached hydrogens (tertiary/aromatic N) is 2. The standard InChI is InChI=1S/C24H31N3S2/c1-4-23(26-13-7-8-14-26)27-19-9-5-6-10-21(19)29-22-12-11-18(15-20(22)27)24(28)25-16-17(2)3/h5-6,9-12,15,17,23H,4,7-8,13-14,16H2,1-3H3,(H,25,28). The van der Waals surface area contributed by atoms with Crippen molar-refractivity contribution in [3.63, 3.8) is 0 Å². The number of likely N-dealkylation sites (tertiary alicyclic amines) is 1. The van der Waals surface area contributed by atoms with Crippen molar-refractivity contribution in [3.05, 3.63) is 48.0 Å². The number of hydrogen-bond donors (Lipinski definition) is 1. The summed E-state index contributed by atoms with van der Waals surface area (Å²) in [6.07, 6.45) is 4.08. The average Bonchev–Trinajstić information content (AvgIpc) is 3.26. The fraction of sp³-hybridized carbons (Fsp3) is 0.458. The molecular formula is C24H31N3S2. The van der Waals surface area contributed by atoms with Gasteiger partial charge in [0.1, 0.15) is 4.99 Å². The van der Waals surface area contributed by atoms with Crippen LogP contribution < -0.4 is 10.2 Å². The summed E-state index contributed by atoms with van der Waals surface area (Å²) in [6, 6.07) is 15.5. The number of para-hydroxylation sites is 1. The molecule has 1 atom stereocenters. The van der Waals surface area contributed by atoms with Gasteiger partial charge in [-0.05, 0) is 49.4 Å². The van der Waals surface area contributed by atoms with E-state index in [1.54, 1.807) is 0 Å². The summed E-state index contributed by atoms with van der Waals surface area (Å²) in [5, 5.41) is 3.43. The van der Waals surface area contributed by atoms with Crippen LogP contribution in [0.15, 0.2) is 52.3 Å². The van der Waals surface area contributed by atoms with E-state index in [1.165, 1.54) is 47.1 Å². The van der Waals surface area contributed by atoms with E-state index in [4.69, 9.17) is 12.2 Å². The molecule has 2 aliphatic rings. The first kappa shape index (κ1) is 20.7. The predicted octanol–water partition coefficient (Wildman–Crippen LogP) is 6.04. The van der Waals surface area contributed by atoms with Crippen LogP contribution in [0.2, 0.25) is 0 Å². The highest BCUT2D eigenvalue weighted by Gasteiger charge is 2.33. The Hall–Kier alpha value is -1.56. The van der Waals surface area contributed by atoms with Crippen LogP contribution in [0.4, 0.5) is 11.4 Å². The zero-order valence-electron chi connectivity index (χ0n) is 17.6. The third kappa shape index (κ3) is 4.32. The van der Waals surface area contributed by atoms with Crippen LogP contribution in [0.3, 0.4) is 0 Å². The smallest absolute Gasteiger partial charge is 0.106 e. The maximum absolute atomic E-state index is 5.71. The molecule has 0 radical (unpaired) electrons. The Labute approximate surface area is 184 Å². The molecule has 5 heteroatoms. The molecule has 0 saturated carbocycles. The van der Waals surface area contributed by atoms with Crippen LogP contribution in [0.5, 0.6) is 0 Å². The van der Waals surface area contributed by atoms with Crippen molar-refractivity contribution in [3.8, 4) is 0 Å². The fourth-order valence-corrected chi connectivity index (χ4v) is 5.55. The second-order valence-electron chi connectivity index (χ2n) is 8.36. The van der Waals surface area contributed by atoms with E-state index in [1.807, 2.05) is 11.8 Å². The SMILES string of the molecule is CCC(N1CCCC1)N1c2ccccc2Sc2ccc(C(=S)NCC(C)C)cc21. The van der Waals surface area contributed by atoms with Gasteiger partial charge in [0.05, 0.1) is 17.5 Å². The summed E-state index contributed by atoms with van der Waals surface area (Å²) >= 11 is 7.59. The molecule has 154 valence electrons. The Morgan fingerprint density at radius 3 is 2.52 bits per heavy atom. The molecule has 1 unspecified atom stereocenters.